The number of aryl methyl sites for hydroxylation is 1. The van der Waals surface area contributed by atoms with Gasteiger partial charge in [-0.25, -0.2) is 0 Å². The van der Waals surface area contributed by atoms with Crippen molar-refractivity contribution in [2.45, 2.75) is 32.1 Å². The van der Waals surface area contributed by atoms with Gasteiger partial charge in [0.15, 0.2) is 11.5 Å². The molecule has 2 aromatic carbocycles. The van der Waals surface area contributed by atoms with Gasteiger partial charge in [-0.3, -0.25) is 9.59 Å². The normalized spacial score (nSPS) is 17.2. The number of nitrogens with one attached hydrogen (secondary N) is 1. The lowest BCUT2D eigenvalue weighted by Crippen LogP contribution is -2.41. The maximum Gasteiger partial charge on any atom is 0.243 e. The number of fused-ring (bicyclic) bond motifs is 2. The van der Waals surface area contributed by atoms with Gasteiger partial charge < -0.3 is 19.7 Å². The van der Waals surface area contributed by atoms with Crippen LogP contribution in [0.2, 0.25) is 0 Å². The highest BCUT2D eigenvalue weighted by Crippen LogP contribution is 2.34. The van der Waals surface area contributed by atoms with Crippen molar-refractivity contribution in [3.63, 3.8) is 0 Å². The number of carbonyl (C=O) groups excluding carboxylic acids is 2. The predicted octanol–water partition coefficient (Wildman–Crippen LogP) is 3.36. The van der Waals surface area contributed by atoms with Crippen molar-refractivity contribution in [2.24, 2.45) is 0 Å². The Morgan fingerprint density at radius 3 is 2.72 bits per heavy atom. The second-order valence-electron chi connectivity index (χ2n) is 7.40. The maximum absolute atomic E-state index is 13.2. The third-order valence-electron chi connectivity index (χ3n) is 5.52. The summed E-state index contributed by atoms with van der Waals surface area (Å²) in [6.45, 7) is 3.44. The number of anilines is 1. The first-order valence-electron chi connectivity index (χ1n) is 10.2. The lowest BCUT2D eigenvalue weighted by atomic mass is 9.82. The van der Waals surface area contributed by atoms with Gasteiger partial charge in [0.05, 0.1) is 12.5 Å². The molecule has 0 fully saturated rings. The zero-order valence-corrected chi connectivity index (χ0v) is 16.6. The molecule has 0 saturated carbocycles. The largest absolute Gasteiger partial charge is 0.486 e. The average molecular weight is 394 g/mol. The van der Waals surface area contributed by atoms with Crippen molar-refractivity contribution < 1.29 is 19.1 Å². The van der Waals surface area contributed by atoms with Crippen molar-refractivity contribution in [1.29, 1.82) is 0 Å². The lowest BCUT2D eigenvalue weighted by molar-refractivity contribution is -0.136. The molecule has 1 N–H and O–H groups in total. The first kappa shape index (κ1) is 19.3. The monoisotopic (exact) mass is 394 g/mol. The van der Waals surface area contributed by atoms with Crippen LogP contribution in [0, 0.1) is 0 Å². The Morgan fingerprint density at radius 2 is 1.90 bits per heavy atom. The minimum Gasteiger partial charge on any atom is -0.486 e. The summed E-state index contributed by atoms with van der Waals surface area (Å²) in [6.07, 6.45) is 2.83. The van der Waals surface area contributed by atoms with Crippen LogP contribution in [0.1, 0.15) is 36.8 Å². The van der Waals surface area contributed by atoms with Crippen LogP contribution in [0.25, 0.3) is 0 Å². The van der Waals surface area contributed by atoms with Crippen molar-refractivity contribution >= 4 is 17.5 Å². The number of benzene rings is 2. The Labute approximate surface area is 170 Å². The van der Waals surface area contributed by atoms with E-state index in [2.05, 4.69) is 11.4 Å². The number of hydrogen-bond acceptors (Lipinski definition) is 4. The SMILES string of the molecule is CCN(CC(=O)Nc1ccc2c(c1)OCCO2)C(=O)C1CCCc2ccccc21. The van der Waals surface area contributed by atoms with Crippen LogP contribution in [-0.4, -0.2) is 43.0 Å². The van der Waals surface area contributed by atoms with Crippen LogP contribution >= 0.6 is 0 Å². The van der Waals surface area contributed by atoms with Crippen LogP contribution < -0.4 is 14.8 Å². The van der Waals surface area contributed by atoms with E-state index < -0.39 is 0 Å². The number of carbonyl (C=O) groups is 2. The summed E-state index contributed by atoms with van der Waals surface area (Å²) in [5.41, 5.74) is 2.98. The second kappa shape index (κ2) is 8.55. The van der Waals surface area contributed by atoms with E-state index in [0.717, 1.165) is 24.8 Å². The van der Waals surface area contributed by atoms with Crippen LogP contribution in [0.5, 0.6) is 11.5 Å². The molecule has 1 atom stereocenters. The molecule has 2 aliphatic rings. The minimum absolute atomic E-state index is 0.0250. The topological polar surface area (TPSA) is 67.9 Å². The Kier molecular flexibility index (Phi) is 5.69. The molecular formula is C23H26N2O4. The van der Waals surface area contributed by atoms with E-state index in [0.29, 0.717) is 36.9 Å². The summed E-state index contributed by atoms with van der Waals surface area (Å²) in [7, 11) is 0. The Balaban J connectivity index is 1.42. The second-order valence-corrected chi connectivity index (χ2v) is 7.40. The van der Waals surface area contributed by atoms with Crippen LogP contribution in [0.15, 0.2) is 42.5 Å². The summed E-state index contributed by atoms with van der Waals surface area (Å²) < 4.78 is 11.1. The fourth-order valence-electron chi connectivity index (χ4n) is 4.07. The van der Waals surface area contributed by atoms with Gasteiger partial charge in [0.1, 0.15) is 13.2 Å². The number of rotatable bonds is 5. The molecule has 6 nitrogen and oxygen atoms in total. The van der Waals surface area contributed by atoms with Gasteiger partial charge in [-0.2, -0.15) is 0 Å². The molecule has 2 aromatic rings. The summed E-state index contributed by atoms with van der Waals surface area (Å²) in [4.78, 5) is 27.4. The van der Waals surface area contributed by atoms with E-state index in [1.54, 1.807) is 23.1 Å². The van der Waals surface area contributed by atoms with Gasteiger partial charge in [0, 0.05) is 18.3 Å². The van der Waals surface area contributed by atoms with Gasteiger partial charge in [-0.1, -0.05) is 24.3 Å². The number of ether oxygens (including phenoxy) is 2. The summed E-state index contributed by atoms with van der Waals surface area (Å²) >= 11 is 0. The average Bonchev–Trinajstić information content (AvgIpc) is 2.76. The molecule has 1 aliphatic heterocycles. The van der Waals surface area contributed by atoms with Crippen LogP contribution in [0.3, 0.4) is 0 Å². The Morgan fingerprint density at radius 1 is 1.10 bits per heavy atom. The van der Waals surface area contributed by atoms with E-state index in [9.17, 15) is 9.59 Å². The molecule has 0 radical (unpaired) electrons. The number of nitrogens with zero attached hydrogens (tertiary/aromatic N) is 1. The molecule has 152 valence electrons. The molecule has 2 amide bonds. The summed E-state index contributed by atoms with van der Waals surface area (Å²) in [6, 6.07) is 13.5. The van der Waals surface area contributed by atoms with Crippen molar-refractivity contribution in [2.75, 3.05) is 31.6 Å². The molecule has 0 saturated heterocycles. The van der Waals surface area contributed by atoms with Crippen molar-refractivity contribution in [1.82, 2.24) is 4.90 Å². The van der Waals surface area contributed by atoms with Crippen LogP contribution in [-0.2, 0) is 16.0 Å². The quantitative estimate of drug-likeness (QED) is 0.844. The van der Waals surface area contributed by atoms with Gasteiger partial charge in [-0.15, -0.1) is 0 Å². The zero-order valence-electron chi connectivity index (χ0n) is 16.6. The third kappa shape index (κ3) is 4.21. The standard InChI is InChI=1S/C23H26N2O4/c1-2-25(23(27)19-9-5-7-16-6-3-4-8-18(16)19)15-22(26)24-17-10-11-20-21(14-17)29-13-12-28-20/h3-4,6,8,10-11,14,19H,2,5,7,9,12-13,15H2,1H3,(H,24,26). The molecule has 4 rings (SSSR count). The highest BCUT2D eigenvalue weighted by Gasteiger charge is 2.30. The number of likely N-dealkylation sites (N-methyl/N-ethyl adjacent to an activating group) is 1. The maximum atomic E-state index is 13.2. The highest BCUT2D eigenvalue weighted by molar-refractivity contribution is 5.96. The van der Waals surface area contributed by atoms with Gasteiger partial charge >= 0.3 is 0 Å². The smallest absolute Gasteiger partial charge is 0.243 e. The molecule has 0 bridgehead atoms. The minimum atomic E-state index is -0.221. The molecule has 0 spiro atoms. The van der Waals surface area contributed by atoms with Crippen molar-refractivity contribution in [3.05, 3.63) is 53.6 Å². The fraction of sp³-hybridized carbons (Fsp3) is 0.391. The van der Waals surface area contributed by atoms with E-state index in [1.165, 1.54) is 5.56 Å². The van der Waals surface area contributed by atoms with Gasteiger partial charge in [-0.05, 0) is 49.4 Å². The van der Waals surface area contributed by atoms with Crippen LogP contribution in [0.4, 0.5) is 5.69 Å². The van der Waals surface area contributed by atoms with Gasteiger partial charge in [0.25, 0.3) is 0 Å². The summed E-state index contributed by atoms with van der Waals surface area (Å²) in [5.74, 6) is 0.937. The number of amides is 2. The molecule has 1 aliphatic carbocycles. The van der Waals surface area contributed by atoms with E-state index in [-0.39, 0.29) is 24.3 Å². The zero-order chi connectivity index (χ0) is 20.2. The molecule has 1 unspecified atom stereocenters. The molecule has 0 aromatic heterocycles. The molecule has 29 heavy (non-hydrogen) atoms. The summed E-state index contributed by atoms with van der Waals surface area (Å²) in [5, 5.41) is 2.87. The van der Waals surface area contributed by atoms with E-state index >= 15 is 0 Å². The van der Waals surface area contributed by atoms with Crippen molar-refractivity contribution in [3.8, 4) is 11.5 Å². The van der Waals surface area contributed by atoms with Gasteiger partial charge in [0.2, 0.25) is 11.8 Å². The first-order valence-corrected chi connectivity index (χ1v) is 10.2. The van der Waals surface area contributed by atoms with E-state index in [1.807, 2.05) is 25.1 Å². The number of hydrogen-bond donors (Lipinski definition) is 1. The Hall–Kier alpha value is -3.02. The predicted molar refractivity (Wildman–Crippen MR) is 110 cm³/mol. The first-order chi connectivity index (χ1) is 14.2. The highest BCUT2D eigenvalue weighted by atomic mass is 16.6. The molecule has 1 heterocycles. The van der Waals surface area contributed by atoms with E-state index in [4.69, 9.17) is 9.47 Å². The third-order valence-corrected chi connectivity index (χ3v) is 5.52. The Bertz CT molecular complexity index is 912. The molecule has 6 heteroatoms. The molecular weight excluding hydrogens is 368 g/mol. The fourth-order valence-corrected chi connectivity index (χ4v) is 4.07. The lowest BCUT2D eigenvalue weighted by Gasteiger charge is -2.30.